The zero-order valence-electron chi connectivity index (χ0n) is 32.3. The number of aliphatic hydroxyl groups is 2. The minimum atomic E-state index is -4.79. The van der Waals surface area contributed by atoms with E-state index in [-0.39, 0.29) is 18.1 Å². The number of phosphoric acid groups is 1. The molecule has 1 aliphatic carbocycles. The molecule has 1 aliphatic heterocycles. The molecule has 16 heteroatoms. The average Bonchev–Trinajstić information content (AvgIpc) is 3.41. The highest BCUT2D eigenvalue weighted by atomic mass is 31.2. The molecule has 1 saturated heterocycles. The van der Waals surface area contributed by atoms with E-state index in [9.17, 15) is 19.7 Å². The molecule has 3 aromatic rings. The van der Waals surface area contributed by atoms with Crippen LogP contribution < -0.4 is 10.5 Å². The van der Waals surface area contributed by atoms with Crippen molar-refractivity contribution in [2.45, 2.75) is 152 Å². The SMILES string of the molecule is CCCCCCCCCCCCCCCCCCOC[C@H](COP(=O)(O)OC1[C@H]2O[C@@](C)(c3ccc4c(N)ncnn34)[C@H](O)[C@@]12O)Oc1ccc(C#N)nc1. The molecule has 2 fully saturated rings. The third-order valence-electron chi connectivity index (χ3n) is 10.7. The third kappa shape index (κ3) is 11.2. The minimum Gasteiger partial charge on any atom is -0.484 e. The summed E-state index contributed by atoms with van der Waals surface area (Å²) in [7, 11) is -4.79. The molecule has 0 spiro atoms. The van der Waals surface area contributed by atoms with Crippen LogP contribution in [0.15, 0.2) is 36.8 Å². The molecule has 2 unspecified atom stereocenters. The van der Waals surface area contributed by atoms with E-state index in [1.807, 2.05) is 6.07 Å². The maximum Gasteiger partial charge on any atom is 0.472 e. The number of nitrogens with two attached hydrogens (primary N) is 1. The van der Waals surface area contributed by atoms with E-state index < -0.39 is 50.0 Å². The summed E-state index contributed by atoms with van der Waals surface area (Å²) >= 11 is 0. The molecular formula is C39H59N6O9P. The van der Waals surface area contributed by atoms with E-state index >= 15 is 0 Å². The van der Waals surface area contributed by atoms with Gasteiger partial charge in [0, 0.05) is 6.61 Å². The summed E-state index contributed by atoms with van der Waals surface area (Å²) in [5.74, 6) is 0.545. The molecule has 3 aromatic heterocycles. The Bertz CT molecular complexity index is 1720. The van der Waals surface area contributed by atoms with Crippen LogP contribution in [0.1, 0.15) is 128 Å². The molecule has 1 saturated carbocycles. The molecule has 0 amide bonds. The quantitative estimate of drug-likeness (QED) is 0.0478. The first-order valence-corrected chi connectivity index (χ1v) is 21.5. The van der Waals surface area contributed by atoms with Crippen molar-refractivity contribution in [1.29, 1.82) is 5.26 Å². The van der Waals surface area contributed by atoms with Crippen LogP contribution in [-0.2, 0) is 28.7 Å². The number of aliphatic hydroxyl groups excluding tert-OH is 1. The maximum absolute atomic E-state index is 13.1. The first kappa shape index (κ1) is 42.9. The molecule has 2 aliphatic rings. The van der Waals surface area contributed by atoms with Crippen LogP contribution in [-0.4, -0.2) is 84.5 Å². The number of fused-ring (bicyclic) bond motifs is 2. The fraction of sp³-hybridized carbons (Fsp3) is 0.692. The molecule has 0 aromatic carbocycles. The number of anilines is 1. The number of pyridine rings is 1. The van der Waals surface area contributed by atoms with Crippen LogP contribution in [0.4, 0.5) is 5.82 Å². The number of phosphoric ester groups is 1. The third-order valence-corrected chi connectivity index (χ3v) is 11.6. The highest BCUT2D eigenvalue weighted by molar-refractivity contribution is 7.47. The maximum atomic E-state index is 13.1. The molecule has 4 heterocycles. The molecule has 304 valence electrons. The number of hydrogen-bond donors (Lipinski definition) is 4. The van der Waals surface area contributed by atoms with Crippen LogP contribution in [0.5, 0.6) is 5.75 Å². The van der Waals surface area contributed by atoms with Gasteiger partial charge in [0.2, 0.25) is 0 Å². The number of hydrogen-bond acceptors (Lipinski definition) is 13. The smallest absolute Gasteiger partial charge is 0.472 e. The molecule has 5 N–H and O–H groups in total. The summed E-state index contributed by atoms with van der Waals surface area (Å²) < 4.78 is 43.1. The van der Waals surface area contributed by atoms with E-state index in [2.05, 4.69) is 22.0 Å². The van der Waals surface area contributed by atoms with Gasteiger partial charge in [0.1, 0.15) is 59.4 Å². The van der Waals surface area contributed by atoms with Gasteiger partial charge in [0.05, 0.1) is 25.1 Å². The second kappa shape index (κ2) is 20.3. The lowest BCUT2D eigenvalue weighted by Crippen LogP contribution is -2.46. The molecule has 55 heavy (non-hydrogen) atoms. The highest BCUT2D eigenvalue weighted by Crippen LogP contribution is 2.63. The number of ether oxygens (including phenoxy) is 3. The molecule has 7 atom stereocenters. The Hall–Kier alpha value is -3.19. The molecule has 15 nitrogen and oxygen atoms in total. The first-order valence-electron chi connectivity index (χ1n) is 20.0. The molecular weight excluding hydrogens is 727 g/mol. The lowest BCUT2D eigenvalue weighted by atomic mass is 9.91. The number of rotatable bonds is 27. The van der Waals surface area contributed by atoms with Gasteiger partial charge in [-0.05, 0) is 37.6 Å². The Morgan fingerprint density at radius 2 is 1.60 bits per heavy atom. The van der Waals surface area contributed by atoms with E-state index in [0.29, 0.717) is 23.6 Å². The summed E-state index contributed by atoms with van der Waals surface area (Å²) in [6.07, 6.45) is 18.2. The Morgan fingerprint density at radius 1 is 0.964 bits per heavy atom. The van der Waals surface area contributed by atoms with E-state index in [0.717, 1.165) is 19.3 Å². The van der Waals surface area contributed by atoms with Crippen molar-refractivity contribution in [3.63, 3.8) is 0 Å². The fourth-order valence-corrected chi connectivity index (χ4v) is 8.36. The van der Waals surface area contributed by atoms with Gasteiger partial charge in [-0.2, -0.15) is 10.4 Å². The predicted molar refractivity (Wildman–Crippen MR) is 205 cm³/mol. The summed E-state index contributed by atoms with van der Waals surface area (Å²) in [6.45, 7) is 3.97. The van der Waals surface area contributed by atoms with Gasteiger partial charge >= 0.3 is 7.82 Å². The van der Waals surface area contributed by atoms with E-state index in [1.165, 1.54) is 107 Å². The fourth-order valence-electron chi connectivity index (χ4n) is 7.38. The normalized spacial score (nSPS) is 24.7. The predicted octanol–water partition coefficient (Wildman–Crippen LogP) is 6.53. The van der Waals surface area contributed by atoms with Gasteiger partial charge in [0.15, 0.2) is 11.4 Å². The van der Waals surface area contributed by atoms with Crippen LogP contribution >= 0.6 is 7.82 Å². The number of aromatic nitrogens is 4. The van der Waals surface area contributed by atoms with Crippen LogP contribution in [0, 0.1) is 11.3 Å². The Kier molecular flexibility index (Phi) is 15.8. The van der Waals surface area contributed by atoms with Gasteiger partial charge in [-0.25, -0.2) is 19.0 Å². The van der Waals surface area contributed by atoms with Crippen LogP contribution in [0.2, 0.25) is 0 Å². The largest absolute Gasteiger partial charge is 0.484 e. The van der Waals surface area contributed by atoms with Crippen LogP contribution in [0.25, 0.3) is 5.52 Å². The van der Waals surface area contributed by atoms with Crippen LogP contribution in [0.3, 0.4) is 0 Å². The Morgan fingerprint density at radius 3 is 2.16 bits per heavy atom. The summed E-state index contributed by atoms with van der Waals surface area (Å²) in [4.78, 5) is 18.6. The van der Waals surface area contributed by atoms with Crippen molar-refractivity contribution in [2.24, 2.45) is 0 Å². The lowest BCUT2D eigenvalue weighted by molar-refractivity contribution is -0.126. The molecule has 0 radical (unpaired) electrons. The van der Waals surface area contributed by atoms with E-state index in [1.54, 1.807) is 25.1 Å². The topological polar surface area (TPSA) is 217 Å². The van der Waals surface area contributed by atoms with Gasteiger partial charge in [-0.15, -0.1) is 0 Å². The highest BCUT2D eigenvalue weighted by Gasteiger charge is 2.82. The van der Waals surface area contributed by atoms with Gasteiger partial charge in [0.25, 0.3) is 0 Å². The van der Waals surface area contributed by atoms with Crippen molar-refractivity contribution < 1.29 is 42.9 Å². The first-order chi connectivity index (χ1) is 26.5. The molecule has 0 bridgehead atoms. The van der Waals surface area contributed by atoms with Gasteiger partial charge in [-0.1, -0.05) is 103 Å². The van der Waals surface area contributed by atoms with Gasteiger partial charge in [-0.3, -0.25) is 9.05 Å². The molecule has 5 rings (SSSR count). The van der Waals surface area contributed by atoms with Crippen molar-refractivity contribution in [3.05, 3.63) is 48.2 Å². The monoisotopic (exact) mass is 786 g/mol. The Labute approximate surface area is 324 Å². The second-order valence-electron chi connectivity index (χ2n) is 15.0. The van der Waals surface area contributed by atoms with Gasteiger partial charge < -0.3 is 35.1 Å². The lowest BCUT2D eigenvalue weighted by Gasteiger charge is -2.32. The number of unbranched alkanes of at least 4 members (excludes halogenated alkanes) is 15. The standard InChI is InChI=1S/C39H59N6O9P/c1-3-4-5-6-7-8-9-10-11-12-13-14-15-16-17-18-23-50-26-31(52-30-20-19-29(24-40)42-25-30)27-51-55(48,49)54-35-34-39(35,47)37(46)38(2,53-34)33-22-21-32-36(41)43-28-44-45(32)33/h19-22,25,28,31,34-35,37,46-47H,3-18,23,26-27H2,1-2H3,(H,48,49)(H2,41,43,44)/t31-,34-,35?,37+,38+,39+/m1/s1. The van der Waals surface area contributed by atoms with E-state index in [4.69, 9.17) is 34.3 Å². The summed E-state index contributed by atoms with van der Waals surface area (Å²) in [5.41, 5.74) is 3.63. The number of nitrogens with zero attached hydrogens (tertiary/aromatic N) is 5. The van der Waals surface area contributed by atoms with Crippen molar-refractivity contribution in [2.75, 3.05) is 25.6 Å². The number of nitriles is 1. The minimum absolute atomic E-state index is 0.0499. The Balaban J connectivity index is 1.01. The van der Waals surface area contributed by atoms with Crippen molar-refractivity contribution in [1.82, 2.24) is 19.6 Å². The average molecular weight is 787 g/mol. The zero-order chi connectivity index (χ0) is 39.3. The summed E-state index contributed by atoms with van der Waals surface area (Å²) in [5, 5.41) is 35.9. The zero-order valence-corrected chi connectivity index (χ0v) is 33.2. The second-order valence-corrected chi connectivity index (χ2v) is 16.4. The summed E-state index contributed by atoms with van der Waals surface area (Å²) in [6, 6.07) is 8.33. The van der Waals surface area contributed by atoms with Crippen molar-refractivity contribution >= 4 is 19.2 Å². The number of nitrogen functional groups attached to an aromatic ring is 1. The van der Waals surface area contributed by atoms with Crippen molar-refractivity contribution in [3.8, 4) is 11.8 Å².